The maximum absolute atomic E-state index is 11.7. The number of carbonyl (C=O) groups excluding carboxylic acids is 1. The number of thiazole rings is 1. The minimum Gasteiger partial charge on any atom is -0.316 e. The predicted octanol–water partition coefficient (Wildman–Crippen LogP) is 2.28. The van der Waals surface area contributed by atoms with Crippen molar-refractivity contribution >= 4 is 28.5 Å². The van der Waals surface area contributed by atoms with Crippen LogP contribution in [0.4, 0.5) is 0 Å². The molecule has 2 heterocycles. The van der Waals surface area contributed by atoms with Crippen molar-refractivity contribution in [3.8, 4) is 0 Å². The van der Waals surface area contributed by atoms with Gasteiger partial charge in [-0.15, -0.1) is 11.3 Å². The third-order valence-electron chi connectivity index (χ3n) is 2.01. The summed E-state index contributed by atoms with van der Waals surface area (Å²) in [6, 6.07) is 1.82. The molecule has 0 aliphatic carbocycles. The van der Waals surface area contributed by atoms with Crippen molar-refractivity contribution in [1.29, 1.82) is 5.41 Å². The fourth-order valence-corrected chi connectivity index (χ4v) is 2.68. The molecule has 0 aliphatic rings. The number of hydrogen-bond donors (Lipinski definition) is 1. The number of nitrogens with one attached hydrogen (secondary N) is 1. The maximum Gasteiger partial charge on any atom is 0.183 e. The van der Waals surface area contributed by atoms with E-state index in [-0.39, 0.29) is 12.3 Å². The number of thiophene rings is 1. The van der Waals surface area contributed by atoms with Crippen LogP contribution in [0.1, 0.15) is 15.2 Å². The lowest BCUT2D eigenvalue weighted by atomic mass is 10.2. The molecule has 0 unspecified atom stereocenters. The summed E-state index contributed by atoms with van der Waals surface area (Å²) in [6.07, 6.45) is 1.84. The molecule has 15 heavy (non-hydrogen) atoms. The number of nitrogens with zero attached hydrogens (tertiary/aromatic N) is 1. The van der Waals surface area contributed by atoms with Gasteiger partial charge in [0, 0.05) is 22.0 Å². The summed E-state index contributed by atoms with van der Waals surface area (Å²) in [5.74, 6) is 0.0625. The minimum absolute atomic E-state index is 0.0625. The molecule has 0 fully saturated rings. The van der Waals surface area contributed by atoms with E-state index >= 15 is 0 Å². The molecule has 2 aromatic heterocycles. The molecule has 0 saturated carbocycles. The third kappa shape index (κ3) is 2.24. The van der Waals surface area contributed by atoms with Crippen LogP contribution in [0.2, 0.25) is 0 Å². The first-order valence-corrected chi connectivity index (χ1v) is 6.19. The van der Waals surface area contributed by atoms with Crippen molar-refractivity contribution in [3.63, 3.8) is 0 Å². The zero-order valence-electron chi connectivity index (χ0n) is 8.19. The van der Waals surface area contributed by atoms with Gasteiger partial charge in [-0.3, -0.25) is 10.2 Å². The smallest absolute Gasteiger partial charge is 0.183 e. The van der Waals surface area contributed by atoms with Crippen molar-refractivity contribution in [2.45, 2.75) is 13.5 Å². The van der Waals surface area contributed by atoms with Gasteiger partial charge in [0.25, 0.3) is 0 Å². The van der Waals surface area contributed by atoms with Crippen LogP contribution in [0, 0.1) is 12.3 Å². The van der Waals surface area contributed by atoms with E-state index in [0.717, 1.165) is 10.4 Å². The van der Waals surface area contributed by atoms with Gasteiger partial charge in [0.1, 0.15) is 0 Å². The average molecular weight is 238 g/mol. The average Bonchev–Trinajstić information content (AvgIpc) is 2.76. The lowest BCUT2D eigenvalue weighted by Gasteiger charge is -1.99. The second kappa shape index (κ2) is 4.12. The molecule has 0 bridgehead atoms. The van der Waals surface area contributed by atoms with Gasteiger partial charge in [-0.05, 0) is 18.4 Å². The van der Waals surface area contributed by atoms with E-state index in [1.807, 2.05) is 29.9 Å². The molecule has 0 atom stereocenters. The first-order chi connectivity index (χ1) is 7.16. The van der Waals surface area contributed by atoms with Crippen LogP contribution >= 0.6 is 22.7 Å². The van der Waals surface area contributed by atoms with Gasteiger partial charge in [0.05, 0.1) is 6.54 Å². The summed E-state index contributed by atoms with van der Waals surface area (Å²) in [4.78, 5) is 13.2. The van der Waals surface area contributed by atoms with E-state index in [2.05, 4.69) is 0 Å². The molecule has 1 N–H and O–H groups in total. The van der Waals surface area contributed by atoms with E-state index in [0.29, 0.717) is 4.80 Å². The highest BCUT2D eigenvalue weighted by atomic mass is 32.1. The number of rotatable bonds is 3. The number of carbonyl (C=O) groups is 1. The Morgan fingerprint density at radius 2 is 2.40 bits per heavy atom. The molecule has 0 amide bonds. The fraction of sp³-hybridized carbons (Fsp3) is 0.200. The van der Waals surface area contributed by atoms with Crippen LogP contribution in [0.5, 0.6) is 0 Å². The standard InChI is InChI=1S/C10H10N2OS2/c1-7-4-12(10(11)15-7)5-9(13)8-2-3-14-6-8/h2-4,6,11H,5H2,1H3. The van der Waals surface area contributed by atoms with Gasteiger partial charge in [-0.1, -0.05) is 0 Å². The fourth-order valence-electron chi connectivity index (χ4n) is 1.30. The highest BCUT2D eigenvalue weighted by Gasteiger charge is 2.08. The topological polar surface area (TPSA) is 45.9 Å². The number of aryl methyl sites for hydroxylation is 1. The van der Waals surface area contributed by atoms with Gasteiger partial charge in [-0.2, -0.15) is 11.3 Å². The molecule has 0 spiro atoms. The van der Waals surface area contributed by atoms with Crippen molar-refractivity contribution in [2.75, 3.05) is 0 Å². The normalized spacial score (nSPS) is 10.5. The Hall–Kier alpha value is -1.20. The van der Waals surface area contributed by atoms with Crippen molar-refractivity contribution in [1.82, 2.24) is 4.57 Å². The molecule has 0 radical (unpaired) electrons. The summed E-state index contributed by atoms with van der Waals surface area (Å²) in [5, 5.41) is 11.4. The van der Waals surface area contributed by atoms with Gasteiger partial charge in [-0.25, -0.2) is 0 Å². The number of aromatic nitrogens is 1. The molecular weight excluding hydrogens is 228 g/mol. The van der Waals surface area contributed by atoms with E-state index in [1.54, 1.807) is 4.57 Å². The Labute approximate surface area is 95.1 Å². The number of ketones is 1. The summed E-state index contributed by atoms with van der Waals surface area (Å²) >= 11 is 2.90. The first kappa shape index (κ1) is 10.3. The number of hydrogen-bond acceptors (Lipinski definition) is 4. The van der Waals surface area contributed by atoms with Crippen LogP contribution in [-0.2, 0) is 6.54 Å². The second-order valence-electron chi connectivity index (χ2n) is 3.21. The molecular formula is C10H10N2OS2. The van der Waals surface area contributed by atoms with Crippen LogP contribution in [0.25, 0.3) is 0 Å². The Morgan fingerprint density at radius 3 is 2.93 bits per heavy atom. The van der Waals surface area contributed by atoms with Gasteiger partial charge < -0.3 is 4.57 Å². The minimum atomic E-state index is 0.0625. The number of Topliss-reactive ketones (excluding diaryl/α,β-unsaturated/α-hetero) is 1. The largest absolute Gasteiger partial charge is 0.316 e. The van der Waals surface area contributed by atoms with Gasteiger partial charge in [0.2, 0.25) is 0 Å². The predicted molar refractivity (Wildman–Crippen MR) is 61.6 cm³/mol. The molecule has 78 valence electrons. The highest BCUT2D eigenvalue weighted by molar-refractivity contribution is 7.09. The zero-order valence-corrected chi connectivity index (χ0v) is 9.82. The van der Waals surface area contributed by atoms with E-state index in [4.69, 9.17) is 5.41 Å². The van der Waals surface area contributed by atoms with E-state index in [9.17, 15) is 4.79 Å². The molecule has 2 aromatic rings. The van der Waals surface area contributed by atoms with Crippen molar-refractivity contribution < 1.29 is 4.79 Å². The molecule has 0 aromatic carbocycles. The van der Waals surface area contributed by atoms with E-state index < -0.39 is 0 Å². The van der Waals surface area contributed by atoms with Crippen molar-refractivity contribution in [3.05, 3.63) is 38.3 Å². The summed E-state index contributed by atoms with van der Waals surface area (Å²) < 4.78 is 1.68. The zero-order chi connectivity index (χ0) is 10.8. The van der Waals surface area contributed by atoms with Crippen molar-refractivity contribution in [2.24, 2.45) is 0 Å². The Balaban J connectivity index is 2.20. The van der Waals surface area contributed by atoms with Gasteiger partial charge >= 0.3 is 0 Å². The monoisotopic (exact) mass is 238 g/mol. The summed E-state index contributed by atoms with van der Waals surface area (Å²) in [6.45, 7) is 2.20. The highest BCUT2D eigenvalue weighted by Crippen LogP contribution is 2.08. The second-order valence-corrected chi connectivity index (χ2v) is 5.22. The Kier molecular flexibility index (Phi) is 2.83. The summed E-state index contributed by atoms with van der Waals surface area (Å²) in [5.41, 5.74) is 0.732. The van der Waals surface area contributed by atoms with E-state index in [1.165, 1.54) is 22.7 Å². The molecule has 5 heteroatoms. The van der Waals surface area contributed by atoms with Crippen LogP contribution < -0.4 is 4.80 Å². The molecule has 0 saturated heterocycles. The Morgan fingerprint density at radius 1 is 1.60 bits per heavy atom. The van der Waals surface area contributed by atoms with Crippen LogP contribution in [0.15, 0.2) is 23.0 Å². The van der Waals surface area contributed by atoms with Gasteiger partial charge in [0.15, 0.2) is 10.6 Å². The third-order valence-corrected chi connectivity index (χ3v) is 3.55. The first-order valence-electron chi connectivity index (χ1n) is 4.43. The van der Waals surface area contributed by atoms with Crippen LogP contribution in [-0.4, -0.2) is 10.4 Å². The lowest BCUT2D eigenvalue weighted by molar-refractivity contribution is 0.0971. The SMILES string of the molecule is Cc1cn(CC(=O)c2ccsc2)c(=N)s1. The van der Waals surface area contributed by atoms with Crippen LogP contribution in [0.3, 0.4) is 0 Å². The molecule has 0 aliphatic heterocycles. The molecule has 2 rings (SSSR count). The molecule has 3 nitrogen and oxygen atoms in total. The summed E-state index contributed by atoms with van der Waals surface area (Å²) in [7, 11) is 0. The Bertz CT molecular complexity index is 522. The lowest BCUT2D eigenvalue weighted by Crippen LogP contribution is -2.18. The quantitative estimate of drug-likeness (QED) is 0.819. The maximum atomic E-state index is 11.7.